The lowest BCUT2D eigenvalue weighted by Crippen LogP contribution is -2.31. The second kappa shape index (κ2) is 15.7. The van der Waals surface area contributed by atoms with Crippen molar-refractivity contribution in [1.82, 2.24) is 0 Å². The first kappa shape index (κ1) is 28.1. The van der Waals surface area contributed by atoms with Crippen LogP contribution in [0, 0.1) is 23.7 Å². The van der Waals surface area contributed by atoms with E-state index >= 15 is 0 Å². The highest BCUT2D eigenvalue weighted by Crippen LogP contribution is 2.36. The van der Waals surface area contributed by atoms with Crippen LogP contribution in [0.4, 0.5) is 0 Å². The molecule has 0 radical (unpaired) electrons. The maximum absolute atomic E-state index is 11.9. The summed E-state index contributed by atoms with van der Waals surface area (Å²) in [5.41, 5.74) is 0.836. The van der Waals surface area contributed by atoms with Crippen molar-refractivity contribution >= 4 is 5.97 Å². The van der Waals surface area contributed by atoms with Gasteiger partial charge in [-0.2, -0.15) is 0 Å². The van der Waals surface area contributed by atoms with Gasteiger partial charge in [0.05, 0.1) is 31.5 Å². The number of carbonyl (C=O) groups is 1. The summed E-state index contributed by atoms with van der Waals surface area (Å²) in [4.78, 5) is 11.9. The zero-order chi connectivity index (χ0) is 24.1. The molecule has 1 atom stereocenters. The third kappa shape index (κ3) is 10.3. The molecule has 2 aliphatic carbocycles. The highest BCUT2D eigenvalue weighted by atomic mass is 16.5. The second-order valence-electron chi connectivity index (χ2n) is 10.5. The fourth-order valence-electron chi connectivity index (χ4n) is 5.52. The zero-order valence-electron chi connectivity index (χ0n) is 20.9. The highest BCUT2D eigenvalue weighted by Gasteiger charge is 2.30. The SMILES string of the molecule is C=C(CO)CC(COC(=O)C(=C)CO)C1CCC(OCC2CCC(CCCCC)CC2)CC1. The van der Waals surface area contributed by atoms with Crippen molar-refractivity contribution in [2.24, 2.45) is 23.7 Å². The quantitative estimate of drug-likeness (QED) is 0.143. The van der Waals surface area contributed by atoms with Gasteiger partial charge in [0.1, 0.15) is 0 Å². The van der Waals surface area contributed by atoms with E-state index in [-0.39, 0.29) is 24.7 Å². The minimum Gasteiger partial charge on any atom is -0.462 e. The standard InChI is InChI=1S/C28H48O5/c1-4-5-6-7-23-8-10-24(11-9-23)19-32-27-14-12-25(13-15-27)26(16-21(2)17-29)20-33-28(31)22(3)18-30/h23-27,29-30H,2-20H2,1H3. The largest absolute Gasteiger partial charge is 0.462 e. The summed E-state index contributed by atoms with van der Waals surface area (Å²) in [6.07, 6.45) is 16.0. The Morgan fingerprint density at radius 3 is 2.21 bits per heavy atom. The van der Waals surface area contributed by atoms with Crippen molar-refractivity contribution in [2.45, 2.75) is 96.5 Å². The number of carbonyl (C=O) groups excluding carboxylic acids is 1. The van der Waals surface area contributed by atoms with E-state index in [4.69, 9.17) is 14.6 Å². The van der Waals surface area contributed by atoms with Gasteiger partial charge in [0.2, 0.25) is 0 Å². The van der Waals surface area contributed by atoms with Crippen molar-refractivity contribution in [3.63, 3.8) is 0 Å². The number of aliphatic hydroxyl groups is 2. The molecule has 0 aliphatic heterocycles. The summed E-state index contributed by atoms with van der Waals surface area (Å²) >= 11 is 0. The average Bonchev–Trinajstić information content (AvgIpc) is 2.85. The van der Waals surface area contributed by atoms with Gasteiger partial charge in [-0.05, 0) is 68.6 Å². The third-order valence-corrected chi connectivity index (χ3v) is 7.82. The molecule has 2 rings (SSSR count). The monoisotopic (exact) mass is 464 g/mol. The van der Waals surface area contributed by atoms with E-state index in [2.05, 4.69) is 20.1 Å². The number of ether oxygens (including phenoxy) is 2. The number of unbranched alkanes of at least 4 members (excludes halogenated alkanes) is 2. The Labute approximate surface area is 201 Å². The summed E-state index contributed by atoms with van der Waals surface area (Å²) in [5, 5.41) is 18.5. The van der Waals surface area contributed by atoms with Crippen molar-refractivity contribution < 1.29 is 24.5 Å². The molecule has 0 aromatic rings. The summed E-state index contributed by atoms with van der Waals surface area (Å²) in [6.45, 7) is 10.5. The van der Waals surface area contributed by atoms with Gasteiger partial charge in [0, 0.05) is 6.61 Å². The van der Waals surface area contributed by atoms with Crippen LogP contribution in [0.5, 0.6) is 0 Å². The minimum absolute atomic E-state index is 0.0485. The van der Waals surface area contributed by atoms with E-state index < -0.39 is 12.6 Å². The Morgan fingerprint density at radius 1 is 0.939 bits per heavy atom. The molecule has 2 saturated carbocycles. The normalized spacial score (nSPS) is 26.5. The van der Waals surface area contributed by atoms with Crippen LogP contribution in [0.1, 0.15) is 90.4 Å². The fraction of sp³-hybridized carbons (Fsp3) is 0.821. The van der Waals surface area contributed by atoms with Crippen LogP contribution in [-0.4, -0.2) is 48.7 Å². The van der Waals surface area contributed by atoms with Crippen LogP contribution in [0.15, 0.2) is 24.3 Å². The van der Waals surface area contributed by atoms with Crippen molar-refractivity contribution in [3.8, 4) is 0 Å². The van der Waals surface area contributed by atoms with E-state index in [1.54, 1.807) is 0 Å². The predicted molar refractivity (Wildman–Crippen MR) is 133 cm³/mol. The Balaban J connectivity index is 1.70. The number of hydrogen-bond acceptors (Lipinski definition) is 5. The van der Waals surface area contributed by atoms with E-state index in [0.29, 0.717) is 18.4 Å². The van der Waals surface area contributed by atoms with Gasteiger partial charge in [0.15, 0.2) is 0 Å². The van der Waals surface area contributed by atoms with Gasteiger partial charge in [-0.3, -0.25) is 0 Å². The van der Waals surface area contributed by atoms with Crippen LogP contribution in [-0.2, 0) is 14.3 Å². The van der Waals surface area contributed by atoms with E-state index in [0.717, 1.165) is 49.7 Å². The highest BCUT2D eigenvalue weighted by molar-refractivity contribution is 5.87. The molecule has 0 aromatic carbocycles. The molecule has 0 heterocycles. The molecule has 0 bridgehead atoms. The molecule has 33 heavy (non-hydrogen) atoms. The number of rotatable bonds is 15. The zero-order valence-corrected chi connectivity index (χ0v) is 20.9. The van der Waals surface area contributed by atoms with Crippen LogP contribution >= 0.6 is 0 Å². The molecule has 1 unspecified atom stereocenters. The lowest BCUT2D eigenvalue weighted by molar-refractivity contribution is -0.141. The van der Waals surface area contributed by atoms with E-state index in [9.17, 15) is 9.90 Å². The average molecular weight is 465 g/mol. The Hall–Kier alpha value is -1.17. The van der Waals surface area contributed by atoms with Crippen molar-refractivity contribution in [2.75, 3.05) is 26.4 Å². The lowest BCUT2D eigenvalue weighted by Gasteiger charge is -2.35. The van der Waals surface area contributed by atoms with Gasteiger partial charge >= 0.3 is 5.97 Å². The molecule has 2 fully saturated rings. The molecule has 0 aromatic heterocycles. The fourth-order valence-corrected chi connectivity index (χ4v) is 5.52. The number of aliphatic hydroxyl groups excluding tert-OH is 2. The van der Waals surface area contributed by atoms with Crippen LogP contribution in [0.25, 0.3) is 0 Å². The molecule has 2 N–H and O–H groups in total. The van der Waals surface area contributed by atoms with Gasteiger partial charge < -0.3 is 19.7 Å². The Morgan fingerprint density at radius 2 is 1.61 bits per heavy atom. The first-order valence-corrected chi connectivity index (χ1v) is 13.3. The van der Waals surface area contributed by atoms with Crippen molar-refractivity contribution in [1.29, 1.82) is 0 Å². The van der Waals surface area contributed by atoms with Gasteiger partial charge in [-0.25, -0.2) is 4.79 Å². The van der Waals surface area contributed by atoms with Gasteiger partial charge in [-0.1, -0.05) is 64.2 Å². The van der Waals surface area contributed by atoms with Crippen molar-refractivity contribution in [3.05, 3.63) is 24.3 Å². The van der Waals surface area contributed by atoms with Crippen LogP contribution < -0.4 is 0 Å². The summed E-state index contributed by atoms with van der Waals surface area (Å²) in [6, 6.07) is 0. The summed E-state index contributed by atoms with van der Waals surface area (Å²) < 4.78 is 11.7. The summed E-state index contributed by atoms with van der Waals surface area (Å²) in [7, 11) is 0. The smallest absolute Gasteiger partial charge is 0.335 e. The van der Waals surface area contributed by atoms with Gasteiger partial charge in [-0.15, -0.1) is 0 Å². The number of esters is 1. The lowest BCUT2D eigenvalue weighted by atomic mass is 9.76. The summed E-state index contributed by atoms with van der Waals surface area (Å²) in [5.74, 6) is 1.67. The maximum Gasteiger partial charge on any atom is 0.335 e. The molecular weight excluding hydrogens is 416 g/mol. The molecule has 0 spiro atoms. The van der Waals surface area contributed by atoms with E-state index in [1.807, 2.05) is 0 Å². The molecule has 190 valence electrons. The molecule has 0 saturated heterocycles. The Bertz CT molecular complexity index is 585. The second-order valence-corrected chi connectivity index (χ2v) is 10.5. The maximum atomic E-state index is 11.9. The molecule has 5 nitrogen and oxygen atoms in total. The van der Waals surface area contributed by atoms with Crippen LogP contribution in [0.3, 0.4) is 0 Å². The predicted octanol–water partition coefficient (Wildman–Crippen LogP) is 5.60. The topological polar surface area (TPSA) is 76.0 Å². The van der Waals surface area contributed by atoms with Crippen LogP contribution in [0.2, 0.25) is 0 Å². The first-order chi connectivity index (χ1) is 16.0. The number of hydrogen-bond donors (Lipinski definition) is 2. The molecular formula is C28H48O5. The van der Waals surface area contributed by atoms with Gasteiger partial charge in [0.25, 0.3) is 0 Å². The molecule has 0 amide bonds. The third-order valence-electron chi connectivity index (χ3n) is 7.82. The molecule has 2 aliphatic rings. The molecule has 5 heteroatoms. The van der Waals surface area contributed by atoms with E-state index in [1.165, 1.54) is 51.4 Å². The Kier molecular flexibility index (Phi) is 13.3. The minimum atomic E-state index is -0.547. The first-order valence-electron chi connectivity index (χ1n) is 13.3.